The number of hydrogen-bond donors (Lipinski definition) is 0. The number of carbonyl (C=O) groups is 2. The maximum Gasteiger partial charge on any atom is 0.350 e. The van der Waals surface area contributed by atoms with Gasteiger partial charge < -0.3 is 90.6 Å². The molecule has 19 heteroatoms. The van der Waals surface area contributed by atoms with Gasteiger partial charge in [0.05, 0.1) is 125 Å². The van der Waals surface area contributed by atoms with E-state index in [9.17, 15) is 9.59 Å². The van der Waals surface area contributed by atoms with E-state index in [1.807, 2.05) is 48.5 Å². The summed E-state index contributed by atoms with van der Waals surface area (Å²) < 4.78 is 69.5. The van der Waals surface area contributed by atoms with E-state index in [-0.39, 0.29) is 55.1 Å². The van der Waals surface area contributed by atoms with Crippen LogP contribution in [0.1, 0.15) is 58.3 Å². The van der Waals surface area contributed by atoms with Gasteiger partial charge in [-0.3, -0.25) is 0 Å². The lowest BCUT2D eigenvalue weighted by Crippen LogP contribution is -3.00. The van der Waals surface area contributed by atoms with Gasteiger partial charge in [0.25, 0.3) is 0 Å². The molecule has 0 fully saturated rings. The number of hydrogen-bond acceptors (Lipinski definition) is 14. The molecule has 0 unspecified atom stereocenters. The number of halogens is 3. The van der Waals surface area contributed by atoms with Crippen LogP contribution in [-0.4, -0.2) is 145 Å². The zero-order chi connectivity index (χ0) is 50.0. The number of ether oxygens (including phenoxy) is 12. The van der Waals surface area contributed by atoms with Gasteiger partial charge in [0.2, 0.25) is 11.5 Å². The summed E-state index contributed by atoms with van der Waals surface area (Å²) in [6, 6.07) is 15.6. The van der Waals surface area contributed by atoms with E-state index in [1.165, 1.54) is 0 Å². The van der Waals surface area contributed by atoms with Crippen LogP contribution in [0.3, 0.4) is 0 Å². The van der Waals surface area contributed by atoms with Crippen molar-refractivity contribution in [2.45, 2.75) is 37.8 Å². The molecule has 0 aliphatic carbocycles. The second kappa shape index (κ2) is 25.6. The van der Waals surface area contributed by atoms with Crippen molar-refractivity contribution in [2.24, 2.45) is 0 Å². The van der Waals surface area contributed by atoms with Gasteiger partial charge >= 0.3 is 11.9 Å². The number of carbonyl (C=O) groups excluding carboxylic acids is 2. The average molecular weight is 1050 g/mol. The summed E-state index contributed by atoms with van der Waals surface area (Å²) >= 11 is 6.36. The van der Waals surface area contributed by atoms with Crippen LogP contribution < -0.4 is 72.2 Å². The summed E-state index contributed by atoms with van der Waals surface area (Å²) in [7, 11) is 20.4. The average Bonchev–Trinajstić information content (AvgIpc) is 3.36. The van der Waals surface area contributed by atoms with Crippen LogP contribution in [0.5, 0.6) is 57.5 Å². The summed E-state index contributed by atoms with van der Waals surface area (Å²) in [6.07, 6.45) is 3.53. The first kappa shape index (κ1) is 57.9. The number of rotatable bonds is 22. The fraction of sp³-hybridized carbons (Fsp3) is 0.462. The number of nitrogens with zero attached hydrogens (tertiary/aromatic N) is 2. The van der Waals surface area contributed by atoms with Crippen LogP contribution in [0.2, 0.25) is 0 Å². The maximum atomic E-state index is 13.1. The van der Waals surface area contributed by atoms with Gasteiger partial charge in [-0.1, -0.05) is 11.6 Å². The molecule has 2 aliphatic rings. The summed E-state index contributed by atoms with van der Waals surface area (Å²) in [5, 5.41) is -0.373. The minimum absolute atomic E-state index is 0. The number of benzene rings is 4. The highest BCUT2D eigenvalue weighted by molar-refractivity contribution is 6.42. The van der Waals surface area contributed by atoms with E-state index in [2.05, 4.69) is 14.1 Å². The van der Waals surface area contributed by atoms with Crippen molar-refractivity contribution in [2.75, 3.05) is 125 Å². The van der Waals surface area contributed by atoms with Crippen molar-refractivity contribution < 1.29 is 100 Å². The second-order valence-corrected chi connectivity index (χ2v) is 17.8. The number of quaternary nitrogens is 2. The Morgan fingerprint density at radius 2 is 0.845 bits per heavy atom. The molecular formula is C52H67Cl3N2O14. The summed E-state index contributed by atoms with van der Waals surface area (Å²) in [4.78, 5) is 26.1. The fourth-order valence-electron chi connectivity index (χ4n) is 10.0. The minimum atomic E-state index is -0.816. The molecule has 0 saturated heterocycles. The zero-order valence-corrected chi connectivity index (χ0v) is 44.9. The van der Waals surface area contributed by atoms with Crippen LogP contribution >= 0.6 is 11.6 Å². The molecule has 4 aromatic rings. The third kappa shape index (κ3) is 12.3. The topological polar surface area (TPSA) is 145 Å². The van der Waals surface area contributed by atoms with Gasteiger partial charge in [0.1, 0.15) is 17.1 Å². The van der Waals surface area contributed by atoms with Crippen LogP contribution in [-0.2, 0) is 31.9 Å². The first-order chi connectivity index (χ1) is 33.2. The van der Waals surface area contributed by atoms with Gasteiger partial charge in [-0.15, -0.1) is 0 Å². The Balaban J connectivity index is 0.00000548. The van der Waals surface area contributed by atoms with Crippen LogP contribution in [0.25, 0.3) is 0 Å². The van der Waals surface area contributed by atoms with E-state index in [4.69, 9.17) is 68.4 Å². The largest absolute Gasteiger partial charge is 1.00 e. The van der Waals surface area contributed by atoms with E-state index >= 15 is 0 Å². The quantitative estimate of drug-likeness (QED) is 0.0487. The molecule has 2 heterocycles. The van der Waals surface area contributed by atoms with Gasteiger partial charge in [-0.2, -0.15) is 0 Å². The van der Waals surface area contributed by atoms with Gasteiger partial charge in [-0.25, -0.2) is 9.59 Å². The molecule has 0 spiro atoms. The summed E-state index contributed by atoms with van der Waals surface area (Å²) in [6.45, 7) is 2.96. The molecule has 0 bridgehead atoms. The first-order valence-electron chi connectivity index (χ1n) is 22.7. The number of fused-ring (bicyclic) bond motifs is 2. The number of likely N-dealkylation sites (N-methyl/N-ethyl adjacent to an activating group) is 2. The third-order valence-corrected chi connectivity index (χ3v) is 13.7. The van der Waals surface area contributed by atoms with E-state index in [1.54, 1.807) is 71.1 Å². The SMILES string of the molecule is COc1cc2c(cc1OC)[C@@H](c1cc(OC)c(OC)c(OC)c1)[N@+](C)(CCCOC(=O)/C=C(\Cl)C(=O)OCCC[N@+]1(C)CCc3cc(OC)c(OC)cc3[C@H]1c1cc(OC)c(OC)c(OC)c1)CC2.[Cl-].[Cl-]. The number of methoxy groups -OCH3 is 10. The molecule has 4 aromatic carbocycles. The van der Waals surface area contributed by atoms with Crippen LogP contribution in [0.15, 0.2) is 59.6 Å². The first-order valence-corrected chi connectivity index (χ1v) is 23.1. The molecule has 0 N–H and O–H groups in total. The molecule has 0 radical (unpaired) electrons. The summed E-state index contributed by atoms with van der Waals surface area (Å²) in [5.41, 5.74) is 6.29. The Hall–Kier alpha value is -5.65. The summed E-state index contributed by atoms with van der Waals surface area (Å²) in [5.74, 6) is 4.12. The molecule has 390 valence electrons. The lowest BCUT2D eigenvalue weighted by molar-refractivity contribution is -0.935. The predicted molar refractivity (Wildman–Crippen MR) is 259 cm³/mol. The van der Waals surface area contributed by atoms with Crippen molar-refractivity contribution in [3.05, 3.63) is 93.0 Å². The van der Waals surface area contributed by atoms with E-state index in [0.717, 1.165) is 65.4 Å². The van der Waals surface area contributed by atoms with Crippen molar-refractivity contribution in [3.8, 4) is 57.5 Å². The molecule has 4 atom stereocenters. The Bertz CT molecular complexity index is 2470. The van der Waals surface area contributed by atoms with Crippen molar-refractivity contribution >= 4 is 23.5 Å². The van der Waals surface area contributed by atoms with Gasteiger partial charge in [0.15, 0.2) is 46.0 Å². The molecular weight excluding hydrogens is 983 g/mol. The monoisotopic (exact) mass is 1050 g/mol. The van der Waals surface area contributed by atoms with Crippen molar-refractivity contribution in [1.29, 1.82) is 0 Å². The molecule has 0 amide bonds. The van der Waals surface area contributed by atoms with Gasteiger partial charge in [0, 0.05) is 54.0 Å². The zero-order valence-electron chi connectivity index (χ0n) is 42.7. The highest BCUT2D eigenvalue weighted by Gasteiger charge is 2.43. The predicted octanol–water partition coefficient (Wildman–Crippen LogP) is 1.65. The molecule has 16 nitrogen and oxygen atoms in total. The lowest BCUT2D eigenvalue weighted by atomic mass is 9.85. The fourth-order valence-corrected chi connectivity index (χ4v) is 10.2. The third-order valence-electron chi connectivity index (χ3n) is 13.5. The maximum absolute atomic E-state index is 13.1. The van der Waals surface area contributed by atoms with Crippen molar-refractivity contribution in [1.82, 2.24) is 0 Å². The second-order valence-electron chi connectivity index (χ2n) is 17.4. The highest BCUT2D eigenvalue weighted by atomic mass is 35.5. The highest BCUT2D eigenvalue weighted by Crippen LogP contribution is 2.50. The Morgan fingerprint density at radius 3 is 1.18 bits per heavy atom. The Kier molecular flexibility index (Phi) is 20.9. The standard InChI is InChI=1S/C52H67ClN2O14.2ClH/c1-54(19-15-32-23-39(58-3)41(60-5)29-36(32)48(54)34-25-43(62-7)50(66-11)44(26-34)63-8)17-13-21-68-47(56)31-38(53)52(57)69-22-14-18-55(2)20-16-33-24-40(59-4)42(61-6)30-37(33)49(55)35-27-45(64-9)51(67-12)46(28-35)65-10;;/h23-31,48-49H,13-22H2,1-12H3;2*1H/q+2;;/p-2/b38-31-;;/t48-,49-,54-,55-;;/m1../s1. The van der Waals surface area contributed by atoms with Crippen LogP contribution in [0, 0.1) is 0 Å². The molecule has 71 heavy (non-hydrogen) atoms. The van der Waals surface area contributed by atoms with Crippen LogP contribution in [0.4, 0.5) is 0 Å². The Labute approximate surface area is 434 Å². The lowest BCUT2D eigenvalue weighted by Gasteiger charge is -2.46. The van der Waals surface area contributed by atoms with Gasteiger partial charge in [-0.05, 0) is 59.7 Å². The molecule has 0 aromatic heterocycles. The van der Waals surface area contributed by atoms with Crippen molar-refractivity contribution in [3.63, 3.8) is 0 Å². The number of esters is 2. The van der Waals surface area contributed by atoms with E-state index in [0.29, 0.717) is 92.4 Å². The molecule has 2 aliphatic heterocycles. The smallest absolute Gasteiger partial charge is 0.350 e. The molecule has 0 saturated carbocycles. The Morgan fingerprint density at radius 1 is 0.507 bits per heavy atom. The van der Waals surface area contributed by atoms with E-state index < -0.39 is 11.9 Å². The minimum Gasteiger partial charge on any atom is -1.00 e. The normalized spacial score (nSPS) is 19.0. The molecule has 6 rings (SSSR count).